The number of rotatable bonds is 7. The predicted octanol–water partition coefficient (Wildman–Crippen LogP) is 4.35. The van der Waals surface area contributed by atoms with E-state index in [-0.39, 0.29) is 18.1 Å². The first kappa shape index (κ1) is 22.3. The van der Waals surface area contributed by atoms with Crippen molar-refractivity contribution in [2.75, 3.05) is 14.1 Å². The van der Waals surface area contributed by atoms with Gasteiger partial charge in [-0.15, -0.1) is 5.10 Å². The van der Waals surface area contributed by atoms with Gasteiger partial charge in [-0.3, -0.25) is 4.79 Å². The molecule has 156 valence electrons. The molecule has 0 fully saturated rings. The number of carbonyl (C=O) groups excluding carboxylic acids is 1. The van der Waals surface area contributed by atoms with Crippen LogP contribution in [-0.2, 0) is 6.54 Å². The lowest BCUT2D eigenvalue weighted by Crippen LogP contribution is -2.13. The van der Waals surface area contributed by atoms with E-state index < -0.39 is 5.91 Å². The second-order valence-corrected chi connectivity index (χ2v) is 8.50. The number of hydrogen-bond donors (Lipinski definition) is 1. The Hall–Kier alpha value is -2.37. The number of amides is 1. The van der Waals surface area contributed by atoms with Gasteiger partial charge >= 0.3 is 0 Å². The molecule has 3 aromatic rings. The number of nitrogens with two attached hydrogens (primary N) is 1. The van der Waals surface area contributed by atoms with Gasteiger partial charge in [-0.05, 0) is 64.6 Å². The Labute approximate surface area is 196 Å². The van der Waals surface area contributed by atoms with Gasteiger partial charge in [0.2, 0.25) is 0 Å². The van der Waals surface area contributed by atoms with Crippen LogP contribution < -0.4 is 10.5 Å². The molecule has 3 rings (SSSR count). The first-order valence-electron chi connectivity index (χ1n) is 8.60. The molecule has 8 nitrogen and oxygen atoms in total. The summed E-state index contributed by atoms with van der Waals surface area (Å²) in [4.78, 5) is 17.6. The summed E-state index contributed by atoms with van der Waals surface area (Å²) in [6.45, 7) is 0.226. The lowest BCUT2D eigenvalue weighted by atomic mass is 10.2. The van der Waals surface area contributed by atoms with E-state index in [0.29, 0.717) is 21.5 Å². The second-order valence-electron chi connectivity index (χ2n) is 6.44. The van der Waals surface area contributed by atoms with E-state index in [0.717, 1.165) is 9.13 Å². The number of aromatic nitrogens is 3. The molecule has 0 atom stereocenters. The Morgan fingerprint density at radius 1 is 1.27 bits per heavy atom. The van der Waals surface area contributed by atoms with Crippen LogP contribution in [0, 0.1) is 3.57 Å². The Balaban J connectivity index is 1.89. The molecule has 0 saturated heterocycles. The smallest absolute Gasteiger partial charge is 0.273 e. The van der Waals surface area contributed by atoms with Crippen LogP contribution in [-0.4, -0.2) is 46.2 Å². The van der Waals surface area contributed by atoms with E-state index >= 15 is 0 Å². The van der Waals surface area contributed by atoms with Crippen molar-refractivity contribution in [3.8, 4) is 11.5 Å². The highest BCUT2D eigenvalue weighted by Crippen LogP contribution is 2.38. The summed E-state index contributed by atoms with van der Waals surface area (Å²) in [7, 11) is 3.60. The maximum Gasteiger partial charge on any atom is 0.273 e. The van der Waals surface area contributed by atoms with Gasteiger partial charge in [-0.25, -0.2) is 9.67 Å². The zero-order valence-corrected chi connectivity index (χ0v) is 19.7. The van der Waals surface area contributed by atoms with Crippen molar-refractivity contribution in [1.29, 1.82) is 0 Å². The summed E-state index contributed by atoms with van der Waals surface area (Å²) in [5.74, 6) is 0.493. The third kappa shape index (κ3) is 5.41. The maximum absolute atomic E-state index is 11.6. The Morgan fingerprint density at radius 3 is 2.47 bits per heavy atom. The average Bonchev–Trinajstić information content (AvgIpc) is 3.07. The molecule has 1 aromatic heterocycles. The Morgan fingerprint density at radius 2 is 1.90 bits per heavy atom. The minimum absolute atomic E-state index is 0.0241. The summed E-state index contributed by atoms with van der Waals surface area (Å²) in [6.07, 6.45) is 1.53. The van der Waals surface area contributed by atoms with Crippen LogP contribution in [0.5, 0.6) is 11.5 Å². The fraction of sp³-hybridized carbons (Fsp3) is 0.158. The molecule has 1 heterocycles. The number of carbonyl (C=O) groups is 1. The summed E-state index contributed by atoms with van der Waals surface area (Å²) in [5.41, 5.74) is 6.08. The van der Waals surface area contributed by atoms with Crippen LogP contribution in [0.15, 0.2) is 41.4 Å². The molecule has 1 amide bonds. The number of hydrogen-bond acceptors (Lipinski definition) is 5. The highest BCUT2D eigenvalue weighted by Gasteiger charge is 2.18. The third-order valence-corrected chi connectivity index (χ3v) is 5.06. The summed E-state index contributed by atoms with van der Waals surface area (Å²) < 4.78 is 8.36. The zero-order chi connectivity index (χ0) is 21.8. The first-order valence-corrected chi connectivity index (χ1v) is 10.4. The van der Waals surface area contributed by atoms with Crippen LogP contribution in [0.25, 0.3) is 0 Å². The van der Waals surface area contributed by atoms with Crippen molar-refractivity contribution >= 4 is 63.9 Å². The van der Waals surface area contributed by atoms with E-state index in [2.05, 4.69) is 37.9 Å². The normalized spacial score (nSPS) is 11.1. The molecule has 0 saturated carbocycles. The molecule has 2 aromatic carbocycles. The van der Waals surface area contributed by atoms with Crippen molar-refractivity contribution < 1.29 is 9.53 Å². The van der Waals surface area contributed by atoms with Crippen LogP contribution in [0.4, 0.5) is 5.82 Å². The SMILES string of the molecule is CN(C)/C=N/c1c(C(N)=O)nnn1Cc1cc(Cl)c(Oc2ccc(I)cc2)c(Cl)c1. The third-order valence-electron chi connectivity index (χ3n) is 3.78. The second kappa shape index (κ2) is 9.63. The van der Waals surface area contributed by atoms with E-state index in [9.17, 15) is 4.79 Å². The van der Waals surface area contributed by atoms with Crippen LogP contribution in [0.3, 0.4) is 0 Å². The molecule has 2 N–H and O–H groups in total. The molecular formula is C19H17Cl2IN6O2. The number of aliphatic imine (C=N–C) groups is 1. The van der Waals surface area contributed by atoms with Gasteiger partial charge in [0.1, 0.15) is 5.75 Å². The minimum atomic E-state index is -0.718. The molecule has 0 aliphatic rings. The minimum Gasteiger partial charge on any atom is -0.454 e. The zero-order valence-electron chi connectivity index (χ0n) is 16.0. The number of benzene rings is 2. The van der Waals surface area contributed by atoms with Gasteiger partial charge in [0, 0.05) is 17.7 Å². The Bertz CT molecular complexity index is 1080. The molecule has 0 unspecified atom stereocenters. The average molecular weight is 559 g/mol. The molecule has 0 radical (unpaired) electrons. The van der Waals surface area contributed by atoms with Crippen molar-refractivity contribution in [3.05, 3.63) is 61.3 Å². The van der Waals surface area contributed by atoms with Crippen molar-refractivity contribution in [2.24, 2.45) is 10.7 Å². The van der Waals surface area contributed by atoms with Gasteiger partial charge in [0.25, 0.3) is 5.91 Å². The van der Waals surface area contributed by atoms with Gasteiger partial charge in [0.15, 0.2) is 17.3 Å². The highest BCUT2D eigenvalue weighted by atomic mass is 127. The van der Waals surface area contributed by atoms with Crippen molar-refractivity contribution in [1.82, 2.24) is 19.9 Å². The summed E-state index contributed by atoms with van der Waals surface area (Å²) >= 11 is 15.0. The molecule has 11 heteroatoms. The summed E-state index contributed by atoms with van der Waals surface area (Å²) in [6, 6.07) is 10.9. The first-order chi connectivity index (χ1) is 14.2. The largest absolute Gasteiger partial charge is 0.454 e. The monoisotopic (exact) mass is 558 g/mol. The van der Waals surface area contributed by atoms with Gasteiger partial charge in [-0.2, -0.15) is 0 Å². The number of halogens is 3. The quantitative estimate of drug-likeness (QED) is 0.264. The van der Waals surface area contributed by atoms with Crippen LogP contribution in [0.2, 0.25) is 10.0 Å². The molecule has 30 heavy (non-hydrogen) atoms. The van der Waals surface area contributed by atoms with Gasteiger partial charge in [0.05, 0.1) is 22.9 Å². The van der Waals surface area contributed by atoms with Gasteiger partial charge in [-0.1, -0.05) is 28.4 Å². The topological polar surface area (TPSA) is 98.6 Å². The fourth-order valence-corrected chi connectivity index (χ4v) is 3.44. The van der Waals surface area contributed by atoms with Crippen molar-refractivity contribution in [3.63, 3.8) is 0 Å². The Kier molecular flexibility index (Phi) is 7.16. The molecule has 0 bridgehead atoms. The van der Waals surface area contributed by atoms with Crippen molar-refractivity contribution in [2.45, 2.75) is 6.54 Å². The lowest BCUT2D eigenvalue weighted by molar-refractivity contribution is 0.0996. The lowest BCUT2D eigenvalue weighted by Gasteiger charge is -2.12. The van der Waals surface area contributed by atoms with Crippen LogP contribution in [0.1, 0.15) is 16.1 Å². The maximum atomic E-state index is 11.6. The van der Waals surface area contributed by atoms with E-state index in [1.165, 1.54) is 11.0 Å². The van der Waals surface area contributed by atoms with Gasteiger partial charge < -0.3 is 15.4 Å². The number of ether oxygens (including phenoxy) is 1. The fourth-order valence-electron chi connectivity index (χ4n) is 2.47. The molecule has 0 aliphatic heterocycles. The standard InChI is InChI=1S/C19H17Cl2IN6O2/c1-27(2)10-24-19-16(18(23)29)25-26-28(19)9-11-7-14(20)17(15(21)8-11)30-13-5-3-12(22)4-6-13/h3-8,10H,9H2,1-2H3,(H2,23,29)/b24-10+. The van der Waals surface area contributed by atoms with E-state index in [4.69, 9.17) is 33.7 Å². The van der Waals surface area contributed by atoms with Crippen LogP contribution >= 0.6 is 45.8 Å². The number of primary amides is 1. The summed E-state index contributed by atoms with van der Waals surface area (Å²) in [5, 5.41) is 8.49. The molecule has 0 aliphatic carbocycles. The molecule has 0 spiro atoms. The van der Waals surface area contributed by atoms with E-state index in [1.807, 2.05) is 24.3 Å². The predicted molar refractivity (Wildman–Crippen MR) is 125 cm³/mol. The highest BCUT2D eigenvalue weighted by molar-refractivity contribution is 14.1. The molecular weight excluding hydrogens is 542 g/mol. The number of nitrogens with zero attached hydrogens (tertiary/aromatic N) is 5. The van der Waals surface area contributed by atoms with E-state index in [1.54, 1.807) is 31.1 Å².